The van der Waals surface area contributed by atoms with Crippen molar-refractivity contribution in [2.24, 2.45) is 4.99 Å². The number of hydrogen-bond donors (Lipinski definition) is 1. The Balaban J connectivity index is 2.46. The summed E-state index contributed by atoms with van der Waals surface area (Å²) in [7, 11) is -3.68. The standard InChI is InChI=1S/C11H16N4O3S/c1-8-11(9(2)14-13-8)19(17,18)15-6-4-3-5-10(15)12-7-16/h10H,3-6H2,1-2H3,(H,13,14). The Hall–Kier alpha value is -1.50. The average molecular weight is 284 g/mol. The molecule has 2 rings (SSSR count). The molecule has 1 N–H and O–H groups in total. The number of sulfonamides is 1. The van der Waals surface area contributed by atoms with Crippen LogP contribution in [0.5, 0.6) is 0 Å². The number of aromatic amines is 1. The van der Waals surface area contributed by atoms with Gasteiger partial charge in [0.15, 0.2) is 0 Å². The summed E-state index contributed by atoms with van der Waals surface area (Å²) in [6.07, 6.45) is 2.97. The lowest BCUT2D eigenvalue weighted by Gasteiger charge is -2.31. The zero-order chi connectivity index (χ0) is 14.0. The number of carbonyl (C=O) groups excluding carboxylic acids is 1. The molecule has 0 saturated carbocycles. The average Bonchev–Trinajstić information content (AvgIpc) is 2.70. The first-order chi connectivity index (χ1) is 8.98. The van der Waals surface area contributed by atoms with Crippen molar-refractivity contribution in [1.82, 2.24) is 14.5 Å². The minimum atomic E-state index is -3.68. The maximum absolute atomic E-state index is 12.7. The number of aromatic nitrogens is 2. The lowest BCUT2D eigenvalue weighted by atomic mass is 10.1. The monoisotopic (exact) mass is 284 g/mol. The van der Waals surface area contributed by atoms with E-state index in [1.807, 2.05) is 0 Å². The maximum atomic E-state index is 12.7. The van der Waals surface area contributed by atoms with Crippen molar-refractivity contribution in [2.45, 2.75) is 44.2 Å². The number of isocyanates is 1. The Morgan fingerprint density at radius 2 is 2.16 bits per heavy atom. The second-order valence-corrected chi connectivity index (χ2v) is 6.40. The van der Waals surface area contributed by atoms with E-state index < -0.39 is 16.2 Å². The van der Waals surface area contributed by atoms with Crippen LogP contribution in [-0.2, 0) is 14.8 Å². The Morgan fingerprint density at radius 3 is 2.74 bits per heavy atom. The molecule has 0 amide bonds. The highest BCUT2D eigenvalue weighted by Gasteiger charge is 2.36. The second-order valence-electron chi connectivity index (χ2n) is 4.58. The van der Waals surface area contributed by atoms with Gasteiger partial charge in [-0.15, -0.1) is 0 Å². The van der Waals surface area contributed by atoms with Crippen LogP contribution in [0.25, 0.3) is 0 Å². The van der Waals surface area contributed by atoms with E-state index in [-0.39, 0.29) is 4.90 Å². The van der Waals surface area contributed by atoms with E-state index in [1.165, 1.54) is 10.4 Å². The lowest BCUT2D eigenvalue weighted by Crippen LogP contribution is -2.42. The van der Waals surface area contributed by atoms with Gasteiger partial charge in [0.25, 0.3) is 0 Å². The molecule has 1 aromatic rings. The van der Waals surface area contributed by atoms with Gasteiger partial charge in [-0.3, -0.25) is 5.10 Å². The molecule has 104 valence electrons. The smallest absolute Gasteiger partial charge is 0.248 e. The predicted molar refractivity (Wildman–Crippen MR) is 67.7 cm³/mol. The fourth-order valence-corrected chi connectivity index (χ4v) is 4.32. The largest absolute Gasteiger partial charge is 0.281 e. The molecule has 2 heterocycles. The summed E-state index contributed by atoms with van der Waals surface area (Å²) in [6.45, 7) is 3.66. The van der Waals surface area contributed by atoms with Crippen molar-refractivity contribution >= 4 is 16.1 Å². The van der Waals surface area contributed by atoms with Crippen molar-refractivity contribution in [3.8, 4) is 0 Å². The zero-order valence-electron chi connectivity index (χ0n) is 10.9. The number of hydrogen-bond acceptors (Lipinski definition) is 5. The number of aryl methyl sites for hydroxylation is 2. The number of H-pyrrole nitrogens is 1. The molecule has 0 aliphatic carbocycles. The molecule has 0 aromatic carbocycles. The summed E-state index contributed by atoms with van der Waals surface area (Å²) in [4.78, 5) is 14.2. The quantitative estimate of drug-likeness (QED) is 0.658. The maximum Gasteiger partial charge on any atom is 0.248 e. The third-order valence-corrected chi connectivity index (χ3v) is 5.41. The SMILES string of the molecule is Cc1n[nH]c(C)c1S(=O)(=O)N1CCCCC1N=C=O. The van der Waals surface area contributed by atoms with Crippen molar-refractivity contribution in [2.75, 3.05) is 6.54 Å². The fraction of sp³-hybridized carbons (Fsp3) is 0.636. The Kier molecular flexibility index (Phi) is 3.84. The van der Waals surface area contributed by atoms with Gasteiger partial charge in [0.2, 0.25) is 16.1 Å². The van der Waals surface area contributed by atoms with E-state index >= 15 is 0 Å². The van der Waals surface area contributed by atoms with E-state index in [1.54, 1.807) is 13.8 Å². The van der Waals surface area contributed by atoms with Gasteiger partial charge in [0.1, 0.15) is 11.1 Å². The lowest BCUT2D eigenvalue weighted by molar-refractivity contribution is 0.259. The number of aliphatic imine (C=N–C) groups is 1. The summed E-state index contributed by atoms with van der Waals surface area (Å²) in [6, 6.07) is 0. The normalized spacial score (nSPS) is 21.1. The van der Waals surface area contributed by atoms with E-state index in [4.69, 9.17) is 0 Å². The van der Waals surface area contributed by atoms with E-state index in [2.05, 4.69) is 15.2 Å². The van der Waals surface area contributed by atoms with Crippen LogP contribution < -0.4 is 0 Å². The molecule has 1 saturated heterocycles. The van der Waals surface area contributed by atoms with Crippen LogP contribution in [0.2, 0.25) is 0 Å². The van der Waals surface area contributed by atoms with Gasteiger partial charge in [-0.25, -0.2) is 13.2 Å². The molecule has 1 atom stereocenters. The van der Waals surface area contributed by atoms with Crippen molar-refractivity contribution < 1.29 is 13.2 Å². The van der Waals surface area contributed by atoms with Crippen LogP contribution in [0.1, 0.15) is 30.7 Å². The molecule has 7 nitrogen and oxygen atoms in total. The Bertz CT molecular complexity index is 596. The number of nitrogens with zero attached hydrogens (tertiary/aromatic N) is 3. The van der Waals surface area contributed by atoms with Crippen LogP contribution in [0.4, 0.5) is 0 Å². The molecular weight excluding hydrogens is 268 g/mol. The highest BCUT2D eigenvalue weighted by Crippen LogP contribution is 2.28. The summed E-state index contributed by atoms with van der Waals surface area (Å²) in [5, 5.41) is 6.57. The number of rotatable bonds is 3. The molecule has 1 aromatic heterocycles. The molecule has 1 unspecified atom stereocenters. The molecule has 0 bridgehead atoms. The minimum Gasteiger partial charge on any atom is -0.281 e. The third kappa shape index (κ3) is 2.47. The van der Waals surface area contributed by atoms with Crippen LogP contribution in [0, 0.1) is 13.8 Å². The van der Waals surface area contributed by atoms with Gasteiger partial charge in [-0.2, -0.15) is 14.4 Å². The summed E-state index contributed by atoms with van der Waals surface area (Å²) < 4.78 is 26.6. The summed E-state index contributed by atoms with van der Waals surface area (Å²) in [5.41, 5.74) is 0.925. The van der Waals surface area contributed by atoms with E-state index in [9.17, 15) is 13.2 Å². The fourth-order valence-electron chi connectivity index (χ4n) is 2.40. The molecule has 1 aliphatic heterocycles. The molecule has 1 fully saturated rings. The summed E-state index contributed by atoms with van der Waals surface area (Å²) in [5.74, 6) is 0. The predicted octanol–water partition coefficient (Wildman–Crippen LogP) is 0.863. The highest BCUT2D eigenvalue weighted by molar-refractivity contribution is 7.89. The Morgan fingerprint density at radius 1 is 1.42 bits per heavy atom. The van der Waals surface area contributed by atoms with E-state index in [0.717, 1.165) is 12.8 Å². The number of nitrogens with one attached hydrogen (secondary N) is 1. The van der Waals surface area contributed by atoms with Gasteiger partial charge in [-0.1, -0.05) is 0 Å². The van der Waals surface area contributed by atoms with Crippen LogP contribution >= 0.6 is 0 Å². The van der Waals surface area contributed by atoms with E-state index in [0.29, 0.717) is 24.4 Å². The molecule has 0 spiro atoms. The zero-order valence-corrected chi connectivity index (χ0v) is 11.7. The highest BCUT2D eigenvalue weighted by atomic mass is 32.2. The van der Waals surface area contributed by atoms with Gasteiger partial charge in [0, 0.05) is 6.54 Å². The van der Waals surface area contributed by atoms with Crippen LogP contribution in [0.3, 0.4) is 0 Å². The van der Waals surface area contributed by atoms with Crippen LogP contribution in [-0.4, -0.2) is 41.7 Å². The molecule has 1 aliphatic rings. The Labute approximate surface area is 111 Å². The molecule has 19 heavy (non-hydrogen) atoms. The first kappa shape index (κ1) is 13.9. The first-order valence-corrected chi connectivity index (χ1v) is 7.53. The minimum absolute atomic E-state index is 0.181. The van der Waals surface area contributed by atoms with Crippen molar-refractivity contribution in [1.29, 1.82) is 0 Å². The topological polar surface area (TPSA) is 95.5 Å². The molecule has 8 heteroatoms. The molecule has 0 radical (unpaired) electrons. The third-order valence-electron chi connectivity index (χ3n) is 3.25. The summed E-state index contributed by atoms with van der Waals surface area (Å²) >= 11 is 0. The van der Waals surface area contributed by atoms with Gasteiger partial charge >= 0.3 is 0 Å². The molecular formula is C11H16N4O3S. The second kappa shape index (κ2) is 5.24. The first-order valence-electron chi connectivity index (χ1n) is 6.09. The van der Waals surface area contributed by atoms with Crippen molar-refractivity contribution in [3.05, 3.63) is 11.4 Å². The van der Waals surface area contributed by atoms with Crippen LogP contribution in [0.15, 0.2) is 9.89 Å². The number of piperidine rings is 1. The van der Waals surface area contributed by atoms with Crippen molar-refractivity contribution in [3.63, 3.8) is 0 Å². The van der Waals surface area contributed by atoms with Gasteiger partial charge in [-0.05, 0) is 33.1 Å². The van der Waals surface area contributed by atoms with Gasteiger partial charge in [0.05, 0.1) is 11.4 Å². The van der Waals surface area contributed by atoms with Gasteiger partial charge < -0.3 is 0 Å².